The van der Waals surface area contributed by atoms with Crippen LogP contribution in [-0.4, -0.2) is 5.78 Å². The molecule has 0 spiro atoms. The highest BCUT2D eigenvalue weighted by Crippen LogP contribution is 2.24. The Balaban J connectivity index is 1.83. The van der Waals surface area contributed by atoms with Crippen molar-refractivity contribution in [2.24, 2.45) is 0 Å². The van der Waals surface area contributed by atoms with E-state index in [-0.39, 0.29) is 11.7 Å². The van der Waals surface area contributed by atoms with Gasteiger partial charge in [-0.2, -0.15) is 0 Å². The third kappa shape index (κ3) is 4.30. The number of benzene rings is 3. The highest BCUT2D eigenvalue weighted by atomic mass is 16.1. The molecule has 0 heterocycles. The molecule has 24 heavy (non-hydrogen) atoms. The van der Waals surface area contributed by atoms with E-state index in [1.807, 2.05) is 66.7 Å². The van der Waals surface area contributed by atoms with Crippen molar-refractivity contribution >= 4 is 11.9 Å². The van der Waals surface area contributed by atoms with Gasteiger partial charge in [0.25, 0.3) is 0 Å². The summed E-state index contributed by atoms with van der Waals surface area (Å²) in [5.74, 6) is 0.237. The maximum Gasteiger partial charge on any atom is 0.163 e. The second kappa shape index (κ2) is 8.07. The Bertz CT molecular complexity index is 789. The van der Waals surface area contributed by atoms with Crippen molar-refractivity contribution in [1.29, 1.82) is 0 Å². The van der Waals surface area contributed by atoms with Crippen LogP contribution in [0.15, 0.2) is 97.1 Å². The summed E-state index contributed by atoms with van der Waals surface area (Å²) >= 11 is 0. The van der Waals surface area contributed by atoms with Crippen LogP contribution in [0.5, 0.6) is 0 Å². The topological polar surface area (TPSA) is 17.1 Å². The van der Waals surface area contributed by atoms with Crippen LogP contribution in [0.2, 0.25) is 0 Å². The number of rotatable bonds is 6. The Morgan fingerprint density at radius 2 is 1.29 bits per heavy atom. The first kappa shape index (κ1) is 15.9. The first-order valence-electron chi connectivity index (χ1n) is 8.19. The van der Waals surface area contributed by atoms with Gasteiger partial charge in [-0.15, -0.1) is 0 Å². The average molecular weight is 312 g/mol. The first-order chi connectivity index (χ1) is 11.8. The van der Waals surface area contributed by atoms with Crippen molar-refractivity contribution in [1.82, 2.24) is 0 Å². The van der Waals surface area contributed by atoms with Crippen molar-refractivity contribution in [3.63, 3.8) is 0 Å². The van der Waals surface area contributed by atoms with Crippen molar-refractivity contribution < 1.29 is 4.79 Å². The Morgan fingerprint density at radius 1 is 0.750 bits per heavy atom. The molecule has 0 bridgehead atoms. The number of carbonyl (C=O) groups excluding carboxylic acids is 1. The molecule has 0 fully saturated rings. The molecule has 0 aliphatic carbocycles. The third-order valence-corrected chi connectivity index (χ3v) is 4.05. The van der Waals surface area contributed by atoms with E-state index in [0.29, 0.717) is 6.42 Å². The number of hydrogen-bond donors (Lipinski definition) is 0. The molecule has 0 radical (unpaired) electrons. The molecule has 0 saturated carbocycles. The summed E-state index contributed by atoms with van der Waals surface area (Å²) in [6.07, 6.45) is 4.69. The summed E-state index contributed by atoms with van der Waals surface area (Å²) in [5, 5.41) is 0. The highest BCUT2D eigenvalue weighted by molar-refractivity contribution is 5.96. The molecule has 3 rings (SSSR count). The van der Waals surface area contributed by atoms with Crippen molar-refractivity contribution in [2.45, 2.75) is 12.3 Å². The Labute approximate surface area is 143 Å². The van der Waals surface area contributed by atoms with Crippen molar-refractivity contribution in [2.75, 3.05) is 0 Å². The van der Waals surface area contributed by atoms with E-state index >= 15 is 0 Å². The molecule has 1 nitrogen and oxygen atoms in total. The average Bonchev–Trinajstić information content (AvgIpc) is 2.67. The fourth-order valence-electron chi connectivity index (χ4n) is 2.73. The lowest BCUT2D eigenvalue weighted by Gasteiger charge is -2.13. The largest absolute Gasteiger partial charge is 0.294 e. The van der Waals surface area contributed by atoms with Crippen LogP contribution in [0.3, 0.4) is 0 Å². The molecule has 3 aromatic carbocycles. The second-order valence-electron chi connectivity index (χ2n) is 5.78. The predicted octanol–water partition coefficient (Wildman–Crippen LogP) is 5.76. The van der Waals surface area contributed by atoms with Crippen LogP contribution < -0.4 is 0 Å². The molecule has 0 aliphatic rings. The van der Waals surface area contributed by atoms with Gasteiger partial charge in [-0.1, -0.05) is 103 Å². The van der Waals surface area contributed by atoms with E-state index in [0.717, 1.165) is 16.7 Å². The molecule has 1 unspecified atom stereocenters. The van der Waals surface area contributed by atoms with Crippen LogP contribution in [0.25, 0.3) is 6.08 Å². The Morgan fingerprint density at radius 3 is 1.92 bits per heavy atom. The quantitative estimate of drug-likeness (QED) is 0.529. The minimum absolute atomic E-state index is 0.0686. The lowest BCUT2D eigenvalue weighted by atomic mass is 9.90. The monoisotopic (exact) mass is 312 g/mol. The van der Waals surface area contributed by atoms with Gasteiger partial charge in [-0.05, 0) is 11.1 Å². The lowest BCUT2D eigenvalue weighted by Crippen LogP contribution is -2.06. The number of Topliss-reactive ketones (excluding diaryl/α,β-unsaturated/α-hetero) is 1. The third-order valence-electron chi connectivity index (χ3n) is 4.05. The smallest absolute Gasteiger partial charge is 0.163 e. The SMILES string of the molecule is O=C(CC(/C=C/c1ccccc1)c1ccccc1)c1ccccc1. The molecule has 0 aliphatic heterocycles. The summed E-state index contributed by atoms with van der Waals surface area (Å²) in [6.45, 7) is 0. The Hall–Kier alpha value is -2.93. The van der Waals surface area contributed by atoms with Gasteiger partial charge in [-0.25, -0.2) is 0 Å². The number of hydrogen-bond acceptors (Lipinski definition) is 1. The van der Waals surface area contributed by atoms with E-state index in [1.54, 1.807) is 0 Å². The van der Waals surface area contributed by atoms with Gasteiger partial charge < -0.3 is 0 Å². The number of carbonyl (C=O) groups is 1. The zero-order chi connectivity index (χ0) is 16.6. The van der Waals surface area contributed by atoms with E-state index in [1.165, 1.54) is 0 Å². The highest BCUT2D eigenvalue weighted by Gasteiger charge is 2.14. The predicted molar refractivity (Wildman–Crippen MR) is 100 cm³/mol. The van der Waals surface area contributed by atoms with Gasteiger partial charge >= 0.3 is 0 Å². The minimum atomic E-state index is 0.0686. The van der Waals surface area contributed by atoms with Crippen molar-refractivity contribution in [3.8, 4) is 0 Å². The summed E-state index contributed by atoms with van der Waals surface area (Å²) in [6, 6.07) is 29.9. The zero-order valence-corrected chi connectivity index (χ0v) is 13.5. The van der Waals surface area contributed by atoms with Gasteiger partial charge in [0, 0.05) is 17.9 Å². The van der Waals surface area contributed by atoms with Gasteiger partial charge in [0.05, 0.1) is 0 Å². The second-order valence-corrected chi connectivity index (χ2v) is 5.78. The molecular weight excluding hydrogens is 292 g/mol. The maximum absolute atomic E-state index is 12.6. The fraction of sp³-hybridized carbons (Fsp3) is 0.0870. The molecule has 3 aromatic rings. The van der Waals surface area contributed by atoms with E-state index < -0.39 is 0 Å². The minimum Gasteiger partial charge on any atom is -0.294 e. The number of allylic oxidation sites excluding steroid dienone is 1. The van der Waals surface area contributed by atoms with Gasteiger partial charge in [-0.3, -0.25) is 4.79 Å². The van der Waals surface area contributed by atoms with Crippen LogP contribution in [0.1, 0.15) is 33.8 Å². The van der Waals surface area contributed by atoms with Crippen LogP contribution in [0, 0.1) is 0 Å². The summed E-state index contributed by atoms with van der Waals surface area (Å²) in [4.78, 5) is 12.6. The summed E-state index contributed by atoms with van der Waals surface area (Å²) < 4.78 is 0. The molecule has 0 saturated heterocycles. The van der Waals surface area contributed by atoms with Crippen LogP contribution in [-0.2, 0) is 0 Å². The van der Waals surface area contributed by atoms with Crippen molar-refractivity contribution in [3.05, 3.63) is 114 Å². The van der Waals surface area contributed by atoms with Gasteiger partial charge in [0.1, 0.15) is 0 Å². The molecule has 1 heteroatoms. The summed E-state index contributed by atoms with van der Waals surface area (Å²) in [5.41, 5.74) is 3.08. The normalized spacial score (nSPS) is 12.2. The molecule has 1 atom stereocenters. The molecule has 0 aromatic heterocycles. The standard InChI is InChI=1S/C23H20O/c24-23(21-14-8-3-9-15-21)18-22(20-12-6-2-7-13-20)17-16-19-10-4-1-5-11-19/h1-17,22H,18H2/b17-16+. The fourth-order valence-corrected chi connectivity index (χ4v) is 2.73. The molecular formula is C23H20O. The van der Waals surface area contributed by atoms with E-state index in [2.05, 4.69) is 36.4 Å². The lowest BCUT2D eigenvalue weighted by molar-refractivity contribution is 0.0978. The molecule has 118 valence electrons. The number of ketones is 1. The van der Waals surface area contributed by atoms with E-state index in [4.69, 9.17) is 0 Å². The molecule has 0 amide bonds. The van der Waals surface area contributed by atoms with Gasteiger partial charge in [0.15, 0.2) is 5.78 Å². The zero-order valence-electron chi connectivity index (χ0n) is 13.5. The van der Waals surface area contributed by atoms with Gasteiger partial charge in [0.2, 0.25) is 0 Å². The van der Waals surface area contributed by atoms with E-state index in [9.17, 15) is 4.79 Å². The molecule has 0 N–H and O–H groups in total. The van der Waals surface area contributed by atoms with Crippen LogP contribution >= 0.6 is 0 Å². The maximum atomic E-state index is 12.6. The van der Waals surface area contributed by atoms with Crippen LogP contribution in [0.4, 0.5) is 0 Å². The summed E-state index contributed by atoms with van der Waals surface area (Å²) in [7, 11) is 0. The Kier molecular flexibility index (Phi) is 5.36. The first-order valence-corrected chi connectivity index (χ1v) is 8.19.